The van der Waals surface area contributed by atoms with Crippen molar-refractivity contribution in [3.63, 3.8) is 0 Å². The first-order chi connectivity index (χ1) is 9.66. The summed E-state index contributed by atoms with van der Waals surface area (Å²) in [5.41, 5.74) is 0.562. The van der Waals surface area contributed by atoms with Gasteiger partial charge < -0.3 is 14.6 Å². The molecule has 0 aromatic heterocycles. The second-order valence-electron chi connectivity index (χ2n) is 4.44. The topological polar surface area (TPSA) is 38.7 Å². The maximum absolute atomic E-state index is 13.7. The van der Waals surface area contributed by atoms with Crippen LogP contribution in [0.5, 0.6) is 11.5 Å². The number of aliphatic hydroxyl groups excluding tert-OH is 1. The van der Waals surface area contributed by atoms with E-state index in [1.165, 1.54) is 12.1 Å². The van der Waals surface area contributed by atoms with Gasteiger partial charge in [0.1, 0.15) is 25.1 Å². The molecule has 1 atom stereocenters. The maximum Gasteiger partial charge on any atom is 0.162 e. The molecule has 1 aliphatic heterocycles. The average molecular weight is 295 g/mol. The van der Waals surface area contributed by atoms with Gasteiger partial charge in [-0.2, -0.15) is 0 Å². The van der Waals surface area contributed by atoms with Gasteiger partial charge in [0.05, 0.1) is 5.02 Å². The van der Waals surface area contributed by atoms with Crippen molar-refractivity contribution >= 4 is 11.6 Å². The van der Waals surface area contributed by atoms with Crippen LogP contribution in [0, 0.1) is 5.82 Å². The van der Waals surface area contributed by atoms with Crippen LogP contribution < -0.4 is 9.47 Å². The third kappa shape index (κ3) is 2.32. The second kappa shape index (κ2) is 5.31. The van der Waals surface area contributed by atoms with Crippen molar-refractivity contribution in [2.75, 3.05) is 13.2 Å². The number of halogens is 2. The van der Waals surface area contributed by atoms with Crippen molar-refractivity contribution < 1.29 is 19.0 Å². The zero-order chi connectivity index (χ0) is 14.1. The third-order valence-electron chi connectivity index (χ3n) is 3.16. The molecule has 1 heterocycles. The average Bonchev–Trinajstić information content (AvgIpc) is 2.46. The molecule has 0 amide bonds. The highest BCUT2D eigenvalue weighted by atomic mass is 35.5. The first-order valence-electron chi connectivity index (χ1n) is 6.18. The molecule has 0 saturated carbocycles. The Morgan fingerprint density at radius 2 is 1.70 bits per heavy atom. The van der Waals surface area contributed by atoms with Gasteiger partial charge in [0.2, 0.25) is 0 Å². The lowest BCUT2D eigenvalue weighted by Gasteiger charge is -2.21. The Morgan fingerprint density at radius 1 is 1.05 bits per heavy atom. The van der Waals surface area contributed by atoms with E-state index in [0.29, 0.717) is 35.3 Å². The molecule has 1 N–H and O–H groups in total. The fraction of sp³-hybridized carbons (Fsp3) is 0.200. The van der Waals surface area contributed by atoms with Gasteiger partial charge in [-0.3, -0.25) is 0 Å². The van der Waals surface area contributed by atoms with E-state index in [1.54, 1.807) is 24.3 Å². The zero-order valence-corrected chi connectivity index (χ0v) is 11.2. The molecule has 5 heteroatoms. The summed E-state index contributed by atoms with van der Waals surface area (Å²) in [5, 5.41) is 10.6. The summed E-state index contributed by atoms with van der Waals surface area (Å²) in [5.74, 6) is 0.558. The second-order valence-corrected chi connectivity index (χ2v) is 4.85. The van der Waals surface area contributed by atoms with Crippen molar-refractivity contribution in [3.8, 4) is 11.5 Å². The SMILES string of the molecule is OC(c1ccccc1F)c1cc2c(cc1Cl)OCCO2. The van der Waals surface area contributed by atoms with Crippen molar-refractivity contribution in [1.82, 2.24) is 0 Å². The predicted molar refractivity (Wildman–Crippen MR) is 72.9 cm³/mol. The van der Waals surface area contributed by atoms with E-state index in [9.17, 15) is 9.50 Å². The lowest BCUT2D eigenvalue weighted by molar-refractivity contribution is 0.169. The molecule has 0 fully saturated rings. The Balaban J connectivity index is 2.03. The Bertz CT molecular complexity index is 645. The number of hydrogen-bond acceptors (Lipinski definition) is 3. The Labute approximate surface area is 120 Å². The molecule has 3 rings (SSSR count). The van der Waals surface area contributed by atoms with Crippen LogP contribution in [-0.4, -0.2) is 18.3 Å². The molecule has 3 nitrogen and oxygen atoms in total. The van der Waals surface area contributed by atoms with Gasteiger partial charge in [-0.05, 0) is 12.1 Å². The summed E-state index contributed by atoms with van der Waals surface area (Å²) in [6.45, 7) is 0.891. The van der Waals surface area contributed by atoms with Crippen LogP contribution in [0.3, 0.4) is 0 Å². The number of hydrogen-bond donors (Lipinski definition) is 1. The van der Waals surface area contributed by atoms with E-state index in [2.05, 4.69) is 0 Å². The molecular formula is C15H12ClFO3. The minimum absolute atomic E-state index is 0.172. The first kappa shape index (κ1) is 13.2. The molecule has 0 saturated heterocycles. The first-order valence-corrected chi connectivity index (χ1v) is 6.56. The molecule has 1 aliphatic rings. The molecule has 0 bridgehead atoms. The minimum atomic E-state index is -1.15. The van der Waals surface area contributed by atoms with Crippen LogP contribution in [0.2, 0.25) is 5.02 Å². The summed E-state index contributed by atoms with van der Waals surface area (Å²) in [7, 11) is 0. The van der Waals surface area contributed by atoms with E-state index >= 15 is 0 Å². The Morgan fingerprint density at radius 3 is 2.40 bits per heavy atom. The van der Waals surface area contributed by atoms with E-state index in [4.69, 9.17) is 21.1 Å². The van der Waals surface area contributed by atoms with Gasteiger partial charge in [0, 0.05) is 17.2 Å². The van der Waals surface area contributed by atoms with Gasteiger partial charge >= 0.3 is 0 Å². The Hall–Kier alpha value is -1.78. The summed E-state index contributed by atoms with van der Waals surface area (Å²) < 4.78 is 24.6. The van der Waals surface area contributed by atoms with Crippen LogP contribution in [0.25, 0.3) is 0 Å². The number of rotatable bonds is 2. The Kier molecular flexibility index (Phi) is 3.51. The summed E-state index contributed by atoms with van der Waals surface area (Å²) in [6.07, 6.45) is -1.15. The molecule has 20 heavy (non-hydrogen) atoms. The molecular weight excluding hydrogens is 283 g/mol. The summed E-state index contributed by atoms with van der Waals surface area (Å²) in [4.78, 5) is 0. The fourth-order valence-electron chi connectivity index (χ4n) is 2.15. The standard InChI is InChI=1S/C15H12ClFO3/c16-11-8-14-13(19-5-6-20-14)7-10(11)15(18)9-3-1-2-4-12(9)17/h1-4,7-8,15,18H,5-6H2. The van der Waals surface area contributed by atoms with Crippen molar-refractivity contribution in [2.45, 2.75) is 6.10 Å². The normalized spacial score (nSPS) is 14.9. The van der Waals surface area contributed by atoms with Crippen LogP contribution in [-0.2, 0) is 0 Å². The van der Waals surface area contributed by atoms with Gasteiger partial charge in [-0.1, -0.05) is 29.8 Å². The van der Waals surface area contributed by atoms with E-state index in [0.717, 1.165) is 0 Å². The van der Waals surface area contributed by atoms with Crippen LogP contribution in [0.1, 0.15) is 17.2 Å². The largest absolute Gasteiger partial charge is 0.486 e. The van der Waals surface area contributed by atoms with Gasteiger partial charge in [-0.25, -0.2) is 4.39 Å². The van der Waals surface area contributed by atoms with Crippen molar-refractivity contribution in [3.05, 3.63) is 58.4 Å². The van der Waals surface area contributed by atoms with E-state index in [-0.39, 0.29) is 5.56 Å². The fourth-order valence-corrected chi connectivity index (χ4v) is 2.41. The molecule has 2 aromatic rings. The highest BCUT2D eigenvalue weighted by Gasteiger charge is 2.22. The molecule has 0 spiro atoms. The van der Waals surface area contributed by atoms with E-state index in [1.807, 2.05) is 0 Å². The molecule has 0 aliphatic carbocycles. The zero-order valence-electron chi connectivity index (χ0n) is 10.5. The van der Waals surface area contributed by atoms with Gasteiger partial charge in [-0.15, -0.1) is 0 Å². The third-order valence-corrected chi connectivity index (χ3v) is 3.48. The predicted octanol–water partition coefficient (Wildman–Crippen LogP) is 3.33. The summed E-state index contributed by atoms with van der Waals surface area (Å²) in [6, 6.07) is 9.21. The van der Waals surface area contributed by atoms with Crippen molar-refractivity contribution in [1.29, 1.82) is 0 Å². The molecule has 2 aromatic carbocycles. The smallest absolute Gasteiger partial charge is 0.162 e. The highest BCUT2D eigenvalue weighted by Crippen LogP contribution is 2.39. The molecule has 1 unspecified atom stereocenters. The quantitative estimate of drug-likeness (QED) is 0.923. The minimum Gasteiger partial charge on any atom is -0.486 e. The number of aliphatic hydroxyl groups is 1. The highest BCUT2D eigenvalue weighted by molar-refractivity contribution is 6.31. The van der Waals surface area contributed by atoms with E-state index < -0.39 is 11.9 Å². The van der Waals surface area contributed by atoms with Crippen molar-refractivity contribution in [2.24, 2.45) is 0 Å². The monoisotopic (exact) mass is 294 g/mol. The van der Waals surface area contributed by atoms with Crippen LogP contribution >= 0.6 is 11.6 Å². The summed E-state index contributed by atoms with van der Waals surface area (Å²) >= 11 is 6.14. The maximum atomic E-state index is 13.7. The lowest BCUT2D eigenvalue weighted by atomic mass is 10.0. The number of fused-ring (bicyclic) bond motifs is 1. The van der Waals surface area contributed by atoms with Crippen LogP contribution in [0.4, 0.5) is 4.39 Å². The lowest BCUT2D eigenvalue weighted by Crippen LogP contribution is -2.16. The molecule has 0 radical (unpaired) electrons. The van der Waals surface area contributed by atoms with Gasteiger partial charge in [0.15, 0.2) is 11.5 Å². The molecule has 104 valence electrons. The number of benzene rings is 2. The number of ether oxygens (including phenoxy) is 2. The van der Waals surface area contributed by atoms with Crippen LogP contribution in [0.15, 0.2) is 36.4 Å². The van der Waals surface area contributed by atoms with Gasteiger partial charge in [0.25, 0.3) is 0 Å².